The van der Waals surface area contributed by atoms with E-state index in [0.29, 0.717) is 23.8 Å². The van der Waals surface area contributed by atoms with E-state index in [1.165, 1.54) is 5.56 Å². The number of carbonyl (C=O) groups is 1. The molecule has 0 aliphatic rings. The first kappa shape index (κ1) is 18.0. The Morgan fingerprint density at radius 3 is 2.81 bits per heavy atom. The highest BCUT2D eigenvalue weighted by Crippen LogP contribution is 2.17. The molecule has 26 heavy (non-hydrogen) atoms. The Labute approximate surface area is 154 Å². The molecule has 3 rings (SSSR count). The standard InChI is InChI=1S/C21H25N3O2/c1-15(2)11-23(4)21(25)17-6-5-7-19(10-17)26-14-18-13-24-12-16(3)8-9-20(24)22-18/h5-10,12-13,15H,11,14H2,1-4H3. The molecule has 0 saturated heterocycles. The molecule has 0 unspecified atom stereocenters. The van der Waals surface area contributed by atoms with Crippen LogP contribution in [0, 0.1) is 12.8 Å². The van der Waals surface area contributed by atoms with Gasteiger partial charge in [0.1, 0.15) is 18.0 Å². The van der Waals surface area contributed by atoms with Gasteiger partial charge in [-0.25, -0.2) is 4.98 Å². The Morgan fingerprint density at radius 2 is 2.04 bits per heavy atom. The highest BCUT2D eigenvalue weighted by molar-refractivity contribution is 5.94. The number of aryl methyl sites for hydroxylation is 1. The van der Waals surface area contributed by atoms with E-state index in [9.17, 15) is 4.79 Å². The van der Waals surface area contributed by atoms with Gasteiger partial charge in [0.2, 0.25) is 0 Å². The molecule has 3 aromatic rings. The second-order valence-electron chi connectivity index (χ2n) is 7.10. The lowest BCUT2D eigenvalue weighted by Crippen LogP contribution is -2.30. The Bertz CT molecular complexity index is 915. The van der Waals surface area contributed by atoms with Gasteiger partial charge in [0.25, 0.3) is 5.91 Å². The SMILES string of the molecule is Cc1ccc2nc(COc3cccc(C(=O)N(C)CC(C)C)c3)cn2c1. The van der Waals surface area contributed by atoms with Gasteiger partial charge in [-0.3, -0.25) is 4.79 Å². The normalized spacial score (nSPS) is 11.1. The lowest BCUT2D eigenvalue weighted by molar-refractivity contribution is 0.0778. The summed E-state index contributed by atoms with van der Waals surface area (Å²) in [4.78, 5) is 18.8. The Hall–Kier alpha value is -2.82. The van der Waals surface area contributed by atoms with E-state index in [0.717, 1.165) is 17.9 Å². The van der Waals surface area contributed by atoms with Gasteiger partial charge in [-0.05, 0) is 42.7 Å². The van der Waals surface area contributed by atoms with Crippen LogP contribution in [-0.4, -0.2) is 33.8 Å². The third-order valence-electron chi connectivity index (χ3n) is 4.10. The molecule has 0 spiro atoms. The number of carbonyl (C=O) groups excluding carboxylic acids is 1. The van der Waals surface area contributed by atoms with E-state index >= 15 is 0 Å². The van der Waals surface area contributed by atoms with Gasteiger partial charge in [0.15, 0.2) is 0 Å². The fourth-order valence-electron chi connectivity index (χ4n) is 2.95. The van der Waals surface area contributed by atoms with Crippen molar-refractivity contribution in [2.45, 2.75) is 27.4 Å². The van der Waals surface area contributed by atoms with Crippen LogP contribution in [0.4, 0.5) is 0 Å². The summed E-state index contributed by atoms with van der Waals surface area (Å²) in [5, 5.41) is 0. The van der Waals surface area contributed by atoms with Crippen molar-refractivity contribution in [3.05, 3.63) is 65.6 Å². The van der Waals surface area contributed by atoms with E-state index in [1.54, 1.807) is 11.0 Å². The monoisotopic (exact) mass is 351 g/mol. The fraction of sp³-hybridized carbons (Fsp3) is 0.333. The largest absolute Gasteiger partial charge is 0.487 e. The predicted molar refractivity (Wildman–Crippen MR) is 103 cm³/mol. The predicted octanol–water partition coefficient (Wildman–Crippen LogP) is 3.95. The van der Waals surface area contributed by atoms with Crippen LogP contribution in [0.3, 0.4) is 0 Å². The molecule has 1 amide bonds. The van der Waals surface area contributed by atoms with Gasteiger partial charge in [-0.2, -0.15) is 0 Å². The van der Waals surface area contributed by atoms with Crippen LogP contribution < -0.4 is 4.74 Å². The van der Waals surface area contributed by atoms with Crippen LogP contribution in [0.15, 0.2) is 48.8 Å². The smallest absolute Gasteiger partial charge is 0.253 e. The minimum Gasteiger partial charge on any atom is -0.487 e. The number of hydrogen-bond donors (Lipinski definition) is 0. The maximum absolute atomic E-state index is 12.5. The number of ether oxygens (including phenoxy) is 1. The molecule has 136 valence electrons. The molecule has 5 nitrogen and oxygen atoms in total. The molecular formula is C21H25N3O2. The van der Waals surface area contributed by atoms with Crippen molar-refractivity contribution in [1.29, 1.82) is 0 Å². The van der Waals surface area contributed by atoms with Crippen LogP contribution in [0.2, 0.25) is 0 Å². The molecule has 0 N–H and O–H groups in total. The number of fused-ring (bicyclic) bond motifs is 1. The van der Waals surface area contributed by atoms with Crippen molar-refractivity contribution in [3.8, 4) is 5.75 Å². The number of rotatable bonds is 6. The average Bonchev–Trinajstić information content (AvgIpc) is 3.01. The number of benzene rings is 1. The first-order chi connectivity index (χ1) is 12.4. The molecule has 0 atom stereocenters. The minimum atomic E-state index is 0.00681. The minimum absolute atomic E-state index is 0.00681. The van der Waals surface area contributed by atoms with Gasteiger partial charge in [-0.1, -0.05) is 26.0 Å². The summed E-state index contributed by atoms with van der Waals surface area (Å²) < 4.78 is 7.85. The zero-order valence-electron chi connectivity index (χ0n) is 15.8. The van der Waals surface area contributed by atoms with E-state index < -0.39 is 0 Å². The summed E-state index contributed by atoms with van der Waals surface area (Å²) in [7, 11) is 1.83. The summed E-state index contributed by atoms with van der Waals surface area (Å²) in [6.07, 6.45) is 4.00. The Morgan fingerprint density at radius 1 is 1.23 bits per heavy atom. The van der Waals surface area contributed by atoms with Crippen molar-refractivity contribution >= 4 is 11.6 Å². The van der Waals surface area contributed by atoms with E-state index in [4.69, 9.17) is 4.74 Å². The average molecular weight is 351 g/mol. The zero-order valence-corrected chi connectivity index (χ0v) is 15.8. The summed E-state index contributed by atoms with van der Waals surface area (Å²) in [5.74, 6) is 1.11. The number of aromatic nitrogens is 2. The summed E-state index contributed by atoms with van der Waals surface area (Å²) in [6, 6.07) is 11.3. The van der Waals surface area contributed by atoms with Gasteiger partial charge in [0, 0.05) is 31.5 Å². The van der Waals surface area contributed by atoms with E-state index in [1.807, 2.05) is 54.2 Å². The van der Waals surface area contributed by atoms with Crippen molar-refractivity contribution < 1.29 is 9.53 Å². The topological polar surface area (TPSA) is 46.8 Å². The van der Waals surface area contributed by atoms with Crippen molar-refractivity contribution in [2.75, 3.05) is 13.6 Å². The van der Waals surface area contributed by atoms with Crippen LogP contribution in [0.1, 0.15) is 35.5 Å². The number of imidazole rings is 1. The molecular weight excluding hydrogens is 326 g/mol. The quantitative estimate of drug-likeness (QED) is 0.675. The first-order valence-corrected chi connectivity index (χ1v) is 8.85. The van der Waals surface area contributed by atoms with Gasteiger partial charge >= 0.3 is 0 Å². The van der Waals surface area contributed by atoms with Crippen LogP contribution in [-0.2, 0) is 6.61 Å². The highest BCUT2D eigenvalue weighted by atomic mass is 16.5. The second kappa shape index (κ2) is 7.60. The van der Waals surface area contributed by atoms with Crippen LogP contribution in [0.25, 0.3) is 5.65 Å². The highest BCUT2D eigenvalue weighted by Gasteiger charge is 2.13. The maximum Gasteiger partial charge on any atom is 0.253 e. The molecule has 1 aromatic carbocycles. The Balaban J connectivity index is 1.69. The van der Waals surface area contributed by atoms with Crippen molar-refractivity contribution in [1.82, 2.24) is 14.3 Å². The molecule has 0 radical (unpaired) electrons. The fourth-order valence-corrected chi connectivity index (χ4v) is 2.95. The molecule has 5 heteroatoms. The second-order valence-corrected chi connectivity index (χ2v) is 7.10. The molecule has 0 bridgehead atoms. The summed E-state index contributed by atoms with van der Waals surface area (Å²) >= 11 is 0. The summed E-state index contributed by atoms with van der Waals surface area (Å²) in [5.41, 5.74) is 3.56. The lowest BCUT2D eigenvalue weighted by atomic mass is 10.1. The number of hydrogen-bond acceptors (Lipinski definition) is 3. The van der Waals surface area contributed by atoms with Gasteiger partial charge in [-0.15, -0.1) is 0 Å². The first-order valence-electron chi connectivity index (χ1n) is 8.85. The maximum atomic E-state index is 12.5. The van der Waals surface area contributed by atoms with Crippen molar-refractivity contribution in [3.63, 3.8) is 0 Å². The Kier molecular flexibility index (Phi) is 5.26. The molecule has 0 aliphatic carbocycles. The van der Waals surface area contributed by atoms with Gasteiger partial charge < -0.3 is 14.0 Å². The molecule has 2 aromatic heterocycles. The van der Waals surface area contributed by atoms with E-state index in [2.05, 4.69) is 25.8 Å². The van der Waals surface area contributed by atoms with Crippen LogP contribution in [0.5, 0.6) is 5.75 Å². The van der Waals surface area contributed by atoms with Crippen molar-refractivity contribution in [2.24, 2.45) is 5.92 Å². The molecule has 2 heterocycles. The molecule has 0 aliphatic heterocycles. The number of pyridine rings is 1. The van der Waals surface area contributed by atoms with Crippen LogP contribution >= 0.6 is 0 Å². The zero-order chi connectivity index (χ0) is 18.7. The third-order valence-corrected chi connectivity index (χ3v) is 4.10. The molecule has 0 saturated carbocycles. The molecule has 0 fully saturated rings. The van der Waals surface area contributed by atoms with Gasteiger partial charge in [0.05, 0.1) is 5.69 Å². The number of amides is 1. The third kappa shape index (κ3) is 4.23. The lowest BCUT2D eigenvalue weighted by Gasteiger charge is -2.19. The van der Waals surface area contributed by atoms with E-state index in [-0.39, 0.29) is 5.91 Å². The summed E-state index contributed by atoms with van der Waals surface area (Å²) in [6.45, 7) is 7.33. The number of nitrogens with zero attached hydrogens (tertiary/aromatic N) is 3.